The largest absolute Gasteiger partial charge is 0.494 e. The van der Waals surface area contributed by atoms with Crippen molar-refractivity contribution in [1.29, 1.82) is 0 Å². The summed E-state index contributed by atoms with van der Waals surface area (Å²) in [5.74, 6) is -0.631. The van der Waals surface area contributed by atoms with Crippen LogP contribution >= 0.6 is 0 Å². The van der Waals surface area contributed by atoms with Crippen LogP contribution in [-0.4, -0.2) is 36.7 Å². The van der Waals surface area contributed by atoms with Crippen LogP contribution in [0.4, 0.5) is 4.79 Å². The Bertz CT molecular complexity index is 623. The lowest BCUT2D eigenvalue weighted by Gasteiger charge is -2.13. The maximum absolute atomic E-state index is 11.8. The first-order chi connectivity index (χ1) is 11.8. The Hall–Kier alpha value is -2.83. The van der Waals surface area contributed by atoms with Crippen LogP contribution in [-0.2, 0) is 14.3 Å². The number of carbonyl (C=O) groups is 3. The fourth-order valence-electron chi connectivity index (χ4n) is 1.78. The van der Waals surface area contributed by atoms with E-state index in [9.17, 15) is 14.4 Å². The third-order valence-corrected chi connectivity index (χ3v) is 2.92. The molecule has 1 aromatic rings. The first kappa shape index (κ1) is 20.2. The standard InChI is InChI=1S/C18H24N2O5/c1-5-24-15-9-6-14(7-10-15)8-11-16(21)25-13(4)17(22)20-18(23)19-12(2)3/h6-13H,5H2,1-4H3,(H2,19,20,22,23)/b11-8+/t13-/m1/s1. The van der Waals surface area contributed by atoms with Crippen molar-refractivity contribution >= 4 is 24.0 Å². The second kappa shape index (κ2) is 10.1. The number of rotatable bonds is 7. The van der Waals surface area contributed by atoms with Crippen LogP contribution in [0.25, 0.3) is 6.08 Å². The van der Waals surface area contributed by atoms with Gasteiger partial charge in [-0.05, 0) is 51.5 Å². The van der Waals surface area contributed by atoms with E-state index >= 15 is 0 Å². The van der Waals surface area contributed by atoms with Gasteiger partial charge in [-0.3, -0.25) is 10.1 Å². The molecule has 0 aliphatic rings. The van der Waals surface area contributed by atoms with Gasteiger partial charge in [0, 0.05) is 12.1 Å². The van der Waals surface area contributed by atoms with E-state index in [1.807, 2.05) is 6.92 Å². The molecule has 3 amide bonds. The zero-order valence-electron chi connectivity index (χ0n) is 14.9. The van der Waals surface area contributed by atoms with Crippen molar-refractivity contribution in [2.24, 2.45) is 0 Å². The van der Waals surface area contributed by atoms with Crippen molar-refractivity contribution in [3.05, 3.63) is 35.9 Å². The van der Waals surface area contributed by atoms with Crippen LogP contribution in [0.3, 0.4) is 0 Å². The van der Waals surface area contributed by atoms with Crippen molar-refractivity contribution in [1.82, 2.24) is 10.6 Å². The van der Waals surface area contributed by atoms with Gasteiger partial charge in [0.25, 0.3) is 5.91 Å². The van der Waals surface area contributed by atoms with Crippen molar-refractivity contribution in [2.75, 3.05) is 6.61 Å². The van der Waals surface area contributed by atoms with Gasteiger partial charge in [0.1, 0.15) is 5.75 Å². The summed E-state index contributed by atoms with van der Waals surface area (Å²) in [6.45, 7) is 7.39. The molecule has 0 radical (unpaired) electrons. The Kier molecular flexibility index (Phi) is 8.18. The molecule has 0 saturated carbocycles. The van der Waals surface area contributed by atoms with E-state index in [-0.39, 0.29) is 6.04 Å². The number of benzene rings is 1. The number of imide groups is 1. The van der Waals surface area contributed by atoms with Gasteiger partial charge in [0.15, 0.2) is 6.10 Å². The van der Waals surface area contributed by atoms with Gasteiger partial charge < -0.3 is 14.8 Å². The molecule has 0 fully saturated rings. The van der Waals surface area contributed by atoms with Gasteiger partial charge in [0.2, 0.25) is 0 Å². The first-order valence-corrected chi connectivity index (χ1v) is 8.04. The van der Waals surface area contributed by atoms with Gasteiger partial charge >= 0.3 is 12.0 Å². The molecule has 0 aliphatic heterocycles. The zero-order chi connectivity index (χ0) is 18.8. The number of ether oxygens (including phenoxy) is 2. The maximum atomic E-state index is 11.8. The van der Waals surface area contributed by atoms with Gasteiger partial charge in [0.05, 0.1) is 6.61 Å². The number of esters is 1. The Labute approximate surface area is 147 Å². The van der Waals surface area contributed by atoms with Crippen LogP contribution < -0.4 is 15.4 Å². The van der Waals surface area contributed by atoms with Crippen LogP contribution in [0.5, 0.6) is 5.75 Å². The summed E-state index contributed by atoms with van der Waals surface area (Å²) < 4.78 is 10.3. The van der Waals surface area contributed by atoms with Crippen LogP contribution in [0.2, 0.25) is 0 Å². The minimum atomic E-state index is -1.09. The molecule has 0 heterocycles. The zero-order valence-corrected chi connectivity index (χ0v) is 14.9. The molecule has 25 heavy (non-hydrogen) atoms. The molecule has 0 unspecified atom stereocenters. The molecule has 2 N–H and O–H groups in total. The van der Waals surface area contributed by atoms with Crippen molar-refractivity contribution in [3.8, 4) is 5.75 Å². The molecule has 7 heteroatoms. The minimum Gasteiger partial charge on any atom is -0.494 e. The van der Waals surface area contributed by atoms with E-state index in [0.29, 0.717) is 6.61 Å². The van der Waals surface area contributed by atoms with E-state index in [0.717, 1.165) is 11.3 Å². The number of urea groups is 1. The summed E-state index contributed by atoms with van der Waals surface area (Å²) in [5, 5.41) is 4.61. The number of hydrogen-bond donors (Lipinski definition) is 2. The summed E-state index contributed by atoms with van der Waals surface area (Å²) in [4.78, 5) is 34.9. The monoisotopic (exact) mass is 348 g/mol. The molecule has 0 aromatic heterocycles. The van der Waals surface area contributed by atoms with E-state index in [4.69, 9.17) is 9.47 Å². The third-order valence-electron chi connectivity index (χ3n) is 2.92. The predicted octanol–water partition coefficient (Wildman–Crippen LogP) is 2.26. The van der Waals surface area contributed by atoms with E-state index < -0.39 is 24.0 Å². The molecule has 7 nitrogen and oxygen atoms in total. The molecule has 0 aliphatic carbocycles. The molecule has 0 bridgehead atoms. The molecule has 1 atom stereocenters. The highest BCUT2D eigenvalue weighted by molar-refractivity contribution is 5.98. The van der Waals surface area contributed by atoms with E-state index in [2.05, 4.69) is 10.6 Å². The number of amides is 3. The highest BCUT2D eigenvalue weighted by Crippen LogP contribution is 2.13. The van der Waals surface area contributed by atoms with Gasteiger partial charge in [-0.1, -0.05) is 12.1 Å². The van der Waals surface area contributed by atoms with E-state index in [1.165, 1.54) is 13.0 Å². The smallest absolute Gasteiger partial charge is 0.331 e. The Morgan fingerprint density at radius 1 is 1.12 bits per heavy atom. The fraction of sp³-hybridized carbons (Fsp3) is 0.389. The lowest BCUT2D eigenvalue weighted by atomic mass is 10.2. The van der Waals surface area contributed by atoms with Crippen molar-refractivity contribution in [2.45, 2.75) is 39.8 Å². The van der Waals surface area contributed by atoms with Crippen molar-refractivity contribution in [3.63, 3.8) is 0 Å². The maximum Gasteiger partial charge on any atom is 0.331 e. The summed E-state index contributed by atoms with van der Waals surface area (Å²) in [6.07, 6.45) is 1.69. The highest BCUT2D eigenvalue weighted by Gasteiger charge is 2.19. The topological polar surface area (TPSA) is 93.7 Å². The third kappa shape index (κ3) is 8.01. The van der Waals surface area contributed by atoms with Gasteiger partial charge in [-0.15, -0.1) is 0 Å². The number of hydrogen-bond acceptors (Lipinski definition) is 5. The average Bonchev–Trinajstić information content (AvgIpc) is 2.53. The highest BCUT2D eigenvalue weighted by atomic mass is 16.5. The molecule has 0 spiro atoms. The lowest BCUT2D eigenvalue weighted by molar-refractivity contribution is -0.149. The fourth-order valence-corrected chi connectivity index (χ4v) is 1.78. The van der Waals surface area contributed by atoms with Crippen molar-refractivity contribution < 1.29 is 23.9 Å². The molecule has 0 saturated heterocycles. The number of carbonyl (C=O) groups excluding carboxylic acids is 3. The first-order valence-electron chi connectivity index (χ1n) is 8.04. The summed E-state index contributed by atoms with van der Waals surface area (Å²) in [7, 11) is 0. The van der Waals surface area contributed by atoms with Crippen LogP contribution in [0.1, 0.15) is 33.3 Å². The molecular weight excluding hydrogens is 324 g/mol. The van der Waals surface area contributed by atoms with Crippen LogP contribution in [0.15, 0.2) is 30.3 Å². The quantitative estimate of drug-likeness (QED) is 0.582. The lowest BCUT2D eigenvalue weighted by Crippen LogP contribution is -2.46. The Balaban J connectivity index is 2.49. The second-order valence-electron chi connectivity index (χ2n) is 5.53. The van der Waals surface area contributed by atoms with E-state index in [1.54, 1.807) is 44.2 Å². The normalized spacial score (nSPS) is 11.9. The summed E-state index contributed by atoms with van der Waals surface area (Å²) in [6, 6.07) is 6.42. The Morgan fingerprint density at radius 3 is 2.32 bits per heavy atom. The molecule has 136 valence electrons. The molecule has 1 rings (SSSR count). The van der Waals surface area contributed by atoms with Gasteiger partial charge in [-0.25, -0.2) is 9.59 Å². The SMILES string of the molecule is CCOc1ccc(/C=C/C(=O)O[C@H](C)C(=O)NC(=O)NC(C)C)cc1. The van der Waals surface area contributed by atoms with Crippen LogP contribution in [0, 0.1) is 0 Å². The minimum absolute atomic E-state index is 0.109. The second-order valence-corrected chi connectivity index (χ2v) is 5.53. The average molecular weight is 348 g/mol. The Morgan fingerprint density at radius 2 is 1.76 bits per heavy atom. The van der Waals surface area contributed by atoms with Gasteiger partial charge in [-0.2, -0.15) is 0 Å². The predicted molar refractivity (Wildman–Crippen MR) is 94.0 cm³/mol. The number of nitrogens with one attached hydrogen (secondary N) is 2. The molecule has 1 aromatic carbocycles. The summed E-state index contributed by atoms with van der Waals surface area (Å²) in [5.41, 5.74) is 0.786. The summed E-state index contributed by atoms with van der Waals surface area (Å²) >= 11 is 0. The molecular formula is C18H24N2O5.